The molecule has 2 rings (SSSR count). The van der Waals surface area contributed by atoms with E-state index in [4.69, 9.17) is 18.9 Å². The van der Waals surface area contributed by atoms with E-state index >= 15 is 0 Å². The van der Waals surface area contributed by atoms with Gasteiger partial charge in [-0.05, 0) is 55.9 Å². The van der Waals surface area contributed by atoms with Gasteiger partial charge in [-0.2, -0.15) is 0 Å². The lowest BCUT2D eigenvalue weighted by Gasteiger charge is -2.22. The summed E-state index contributed by atoms with van der Waals surface area (Å²) in [5, 5.41) is 0. The normalized spacial score (nSPS) is 10.9. The standard InChI is InChI=1S/C22H29O5P/c1-24-19-9-5-10-20(25-2)17(19)14-16(8-7-13-28-23)15-18-21(26-3)11-6-12-22(18)27-4/h5-6,9-12,16H,7-8,13-15H2,1-4H3/p+1. The molecule has 5 nitrogen and oxygen atoms in total. The highest BCUT2D eigenvalue weighted by molar-refractivity contribution is 7.23. The third-order valence-corrected chi connectivity index (χ3v) is 5.49. The van der Waals surface area contributed by atoms with E-state index in [9.17, 15) is 4.57 Å². The quantitative estimate of drug-likeness (QED) is 0.370. The molecule has 0 aromatic heterocycles. The van der Waals surface area contributed by atoms with Crippen molar-refractivity contribution in [2.45, 2.75) is 25.7 Å². The van der Waals surface area contributed by atoms with Crippen LogP contribution in [0.2, 0.25) is 0 Å². The molecular formula is C22H30O5P+. The van der Waals surface area contributed by atoms with Gasteiger partial charge in [-0.3, -0.25) is 0 Å². The van der Waals surface area contributed by atoms with Crippen LogP contribution in [0.5, 0.6) is 23.0 Å². The molecule has 0 fully saturated rings. The summed E-state index contributed by atoms with van der Waals surface area (Å²) in [6, 6.07) is 11.7. The van der Waals surface area contributed by atoms with Crippen LogP contribution in [0, 0.1) is 5.92 Å². The van der Waals surface area contributed by atoms with Crippen molar-refractivity contribution in [3.05, 3.63) is 47.5 Å². The summed E-state index contributed by atoms with van der Waals surface area (Å²) in [5.74, 6) is 3.58. The van der Waals surface area contributed by atoms with Gasteiger partial charge in [-0.15, -0.1) is 0 Å². The first-order valence-electron chi connectivity index (χ1n) is 9.43. The maximum Gasteiger partial charge on any atom is 0.324 e. The molecule has 6 heteroatoms. The fraction of sp³-hybridized carbons (Fsp3) is 0.455. The van der Waals surface area contributed by atoms with Crippen LogP contribution < -0.4 is 18.9 Å². The van der Waals surface area contributed by atoms with Gasteiger partial charge < -0.3 is 18.9 Å². The highest BCUT2D eigenvalue weighted by Crippen LogP contribution is 2.36. The zero-order valence-electron chi connectivity index (χ0n) is 17.1. The molecule has 0 bridgehead atoms. The molecule has 1 unspecified atom stereocenters. The molecule has 152 valence electrons. The fourth-order valence-corrected chi connectivity index (χ4v) is 3.92. The summed E-state index contributed by atoms with van der Waals surface area (Å²) in [7, 11) is 6.44. The minimum atomic E-state index is -0.265. The molecule has 2 aromatic carbocycles. The Morgan fingerprint density at radius 2 is 1.14 bits per heavy atom. The Kier molecular flexibility index (Phi) is 9.09. The van der Waals surface area contributed by atoms with E-state index in [0.29, 0.717) is 12.1 Å². The zero-order valence-corrected chi connectivity index (χ0v) is 18.1. The molecule has 0 aliphatic carbocycles. The number of rotatable bonds is 12. The summed E-state index contributed by atoms with van der Waals surface area (Å²) in [6.07, 6.45) is 4.13. The molecule has 1 atom stereocenters. The van der Waals surface area contributed by atoms with Crippen LogP contribution in [0.25, 0.3) is 0 Å². The average molecular weight is 405 g/mol. The van der Waals surface area contributed by atoms with Crippen LogP contribution in [-0.2, 0) is 17.4 Å². The number of methoxy groups -OCH3 is 4. The largest absolute Gasteiger partial charge is 0.496 e. The van der Waals surface area contributed by atoms with Gasteiger partial charge in [0.2, 0.25) is 0 Å². The predicted octanol–water partition coefficient (Wildman–Crippen LogP) is 4.93. The maximum atomic E-state index is 11.0. The van der Waals surface area contributed by atoms with Gasteiger partial charge in [0.25, 0.3) is 0 Å². The van der Waals surface area contributed by atoms with Gasteiger partial charge in [-0.25, -0.2) is 0 Å². The third-order valence-electron chi connectivity index (χ3n) is 4.94. The second-order valence-corrected chi connectivity index (χ2v) is 7.38. The van der Waals surface area contributed by atoms with Crippen molar-refractivity contribution in [1.29, 1.82) is 0 Å². The zero-order chi connectivity index (χ0) is 20.4. The highest BCUT2D eigenvalue weighted by Gasteiger charge is 2.21. The Morgan fingerprint density at radius 1 is 0.750 bits per heavy atom. The lowest BCUT2D eigenvalue weighted by molar-refractivity contribution is 0.361. The Bertz CT molecular complexity index is 661. The molecule has 28 heavy (non-hydrogen) atoms. The molecular weight excluding hydrogens is 375 g/mol. The summed E-state index contributed by atoms with van der Waals surface area (Å²) < 4.78 is 33.3. The average Bonchev–Trinajstić information content (AvgIpc) is 2.73. The minimum absolute atomic E-state index is 0.265. The van der Waals surface area contributed by atoms with Gasteiger partial charge in [0.1, 0.15) is 29.2 Å². The van der Waals surface area contributed by atoms with Crippen LogP contribution in [0.3, 0.4) is 0 Å². The number of hydrogen-bond donors (Lipinski definition) is 0. The predicted molar refractivity (Wildman–Crippen MR) is 113 cm³/mol. The SMILES string of the molecule is COc1cccc(OC)c1CC(CCC[PH+]=O)Cc1c(OC)cccc1OC. The molecule has 0 saturated heterocycles. The molecule has 2 aromatic rings. The summed E-state index contributed by atoms with van der Waals surface area (Å²) in [4.78, 5) is 0. The monoisotopic (exact) mass is 405 g/mol. The third kappa shape index (κ3) is 5.62. The topological polar surface area (TPSA) is 54.0 Å². The Hall–Kier alpha value is -2.26. The first-order valence-corrected chi connectivity index (χ1v) is 10.5. The van der Waals surface area contributed by atoms with E-state index in [2.05, 4.69) is 0 Å². The molecule has 0 amide bonds. The van der Waals surface area contributed by atoms with Crippen molar-refractivity contribution < 1.29 is 23.5 Å². The van der Waals surface area contributed by atoms with Crippen LogP contribution in [0.15, 0.2) is 36.4 Å². The molecule has 0 aliphatic heterocycles. The first kappa shape index (κ1) is 22.0. The van der Waals surface area contributed by atoms with Gasteiger partial charge in [-0.1, -0.05) is 16.7 Å². The minimum Gasteiger partial charge on any atom is -0.496 e. The number of hydrogen-bond acceptors (Lipinski definition) is 5. The van der Waals surface area contributed by atoms with E-state index in [1.54, 1.807) is 28.4 Å². The lowest BCUT2D eigenvalue weighted by atomic mass is 9.87. The van der Waals surface area contributed by atoms with E-state index < -0.39 is 0 Å². The van der Waals surface area contributed by atoms with Gasteiger partial charge >= 0.3 is 8.46 Å². The van der Waals surface area contributed by atoms with Crippen molar-refractivity contribution in [2.75, 3.05) is 34.6 Å². The Labute approximate surface area is 169 Å². The van der Waals surface area contributed by atoms with Crippen LogP contribution in [0.4, 0.5) is 0 Å². The Balaban J connectivity index is 2.35. The van der Waals surface area contributed by atoms with Gasteiger partial charge in [0.05, 0.1) is 28.4 Å². The number of ether oxygens (including phenoxy) is 4. The lowest BCUT2D eigenvalue weighted by Crippen LogP contribution is -2.12. The highest BCUT2D eigenvalue weighted by atomic mass is 31.1. The summed E-state index contributed by atoms with van der Waals surface area (Å²) in [5.41, 5.74) is 2.10. The molecule has 0 spiro atoms. The van der Waals surface area contributed by atoms with Crippen molar-refractivity contribution in [3.63, 3.8) is 0 Å². The van der Waals surface area contributed by atoms with Crippen molar-refractivity contribution in [1.82, 2.24) is 0 Å². The van der Waals surface area contributed by atoms with Crippen molar-refractivity contribution in [2.24, 2.45) is 5.92 Å². The maximum absolute atomic E-state index is 11.0. The molecule has 0 aliphatic rings. The first-order chi connectivity index (χ1) is 13.7. The summed E-state index contributed by atoms with van der Waals surface area (Å²) in [6.45, 7) is 0. The second-order valence-electron chi connectivity index (χ2n) is 6.59. The van der Waals surface area contributed by atoms with Crippen LogP contribution in [0.1, 0.15) is 24.0 Å². The van der Waals surface area contributed by atoms with E-state index in [1.165, 1.54) is 0 Å². The van der Waals surface area contributed by atoms with Crippen LogP contribution >= 0.6 is 8.46 Å². The molecule has 0 radical (unpaired) electrons. The van der Waals surface area contributed by atoms with Gasteiger partial charge in [0.15, 0.2) is 0 Å². The summed E-state index contributed by atoms with van der Waals surface area (Å²) >= 11 is 0. The van der Waals surface area contributed by atoms with Crippen LogP contribution in [-0.4, -0.2) is 34.6 Å². The van der Waals surface area contributed by atoms with Gasteiger partial charge in [0, 0.05) is 11.1 Å². The van der Waals surface area contributed by atoms with E-state index in [0.717, 1.165) is 59.8 Å². The molecule has 0 saturated carbocycles. The number of benzene rings is 2. The smallest absolute Gasteiger partial charge is 0.324 e. The fourth-order valence-electron chi connectivity index (χ4n) is 3.57. The van der Waals surface area contributed by atoms with Crippen molar-refractivity contribution in [3.8, 4) is 23.0 Å². The second kappa shape index (κ2) is 11.6. The molecule has 0 N–H and O–H groups in total. The van der Waals surface area contributed by atoms with Crippen molar-refractivity contribution >= 4 is 8.46 Å². The Morgan fingerprint density at radius 3 is 1.46 bits per heavy atom. The molecule has 0 heterocycles. The van der Waals surface area contributed by atoms with E-state index in [1.807, 2.05) is 36.4 Å². The van der Waals surface area contributed by atoms with E-state index in [-0.39, 0.29) is 8.46 Å².